The fourth-order valence-electron chi connectivity index (χ4n) is 1.31. The van der Waals surface area contributed by atoms with Gasteiger partial charge in [-0.15, -0.1) is 0 Å². The molecule has 4 nitrogen and oxygen atoms in total. The molecular weight excluding hydrogens is 272 g/mol. The zero-order chi connectivity index (χ0) is 11.5. The van der Waals surface area contributed by atoms with E-state index in [0.29, 0.717) is 15.9 Å². The van der Waals surface area contributed by atoms with E-state index < -0.39 is 5.97 Å². The molecule has 0 bridgehead atoms. The number of halogens is 1. The smallest absolute Gasteiger partial charge is 0.336 e. The molecule has 0 unspecified atom stereocenters. The predicted molar refractivity (Wildman–Crippen MR) is 62.1 cm³/mol. The minimum Gasteiger partial charge on any atom is -0.478 e. The highest BCUT2D eigenvalue weighted by Gasteiger charge is 2.13. The Balaban J connectivity index is 2.59. The van der Waals surface area contributed by atoms with Crippen LogP contribution in [0.2, 0.25) is 0 Å². The average molecular weight is 279 g/mol. The second-order valence-electron chi connectivity index (χ2n) is 3.04. The maximum atomic E-state index is 10.9. The lowest BCUT2D eigenvalue weighted by molar-refractivity contribution is 0.0696. The maximum absolute atomic E-state index is 10.9. The number of rotatable bonds is 2. The SMILES string of the molecule is O=C(O)c1cccc(-c2ncccn2)c1Br. The number of hydrogen-bond donors (Lipinski definition) is 1. The third kappa shape index (κ3) is 1.94. The first-order chi connectivity index (χ1) is 7.70. The summed E-state index contributed by atoms with van der Waals surface area (Å²) >= 11 is 3.26. The first-order valence-corrected chi connectivity index (χ1v) is 5.28. The van der Waals surface area contributed by atoms with E-state index in [4.69, 9.17) is 5.11 Å². The van der Waals surface area contributed by atoms with Gasteiger partial charge in [0.25, 0.3) is 0 Å². The Morgan fingerprint density at radius 1 is 1.19 bits per heavy atom. The lowest BCUT2D eigenvalue weighted by Crippen LogP contribution is -1.99. The van der Waals surface area contributed by atoms with E-state index >= 15 is 0 Å². The molecule has 0 fully saturated rings. The van der Waals surface area contributed by atoms with Gasteiger partial charge in [-0.25, -0.2) is 14.8 Å². The van der Waals surface area contributed by atoms with Gasteiger partial charge in [-0.1, -0.05) is 6.07 Å². The monoisotopic (exact) mass is 278 g/mol. The van der Waals surface area contributed by atoms with Crippen LogP contribution in [0.5, 0.6) is 0 Å². The van der Waals surface area contributed by atoms with Gasteiger partial charge in [-0.05, 0) is 34.1 Å². The Kier molecular flexibility index (Phi) is 2.96. The van der Waals surface area contributed by atoms with Crippen molar-refractivity contribution in [3.8, 4) is 11.4 Å². The van der Waals surface area contributed by atoms with Crippen LogP contribution in [0.25, 0.3) is 11.4 Å². The Bertz CT molecular complexity index is 529. The third-order valence-corrected chi connectivity index (χ3v) is 2.89. The van der Waals surface area contributed by atoms with Crippen LogP contribution in [0.4, 0.5) is 0 Å². The summed E-state index contributed by atoms with van der Waals surface area (Å²) in [7, 11) is 0. The molecule has 80 valence electrons. The molecule has 1 aromatic carbocycles. The van der Waals surface area contributed by atoms with Gasteiger partial charge in [0.2, 0.25) is 0 Å². The lowest BCUT2D eigenvalue weighted by Gasteiger charge is -2.05. The van der Waals surface area contributed by atoms with Crippen molar-refractivity contribution < 1.29 is 9.90 Å². The summed E-state index contributed by atoms with van der Waals surface area (Å²) in [6, 6.07) is 6.67. The van der Waals surface area contributed by atoms with Gasteiger partial charge in [0.05, 0.1) is 5.56 Å². The van der Waals surface area contributed by atoms with E-state index in [-0.39, 0.29) is 5.56 Å². The summed E-state index contributed by atoms with van der Waals surface area (Å²) in [5.74, 6) is -0.484. The van der Waals surface area contributed by atoms with Gasteiger partial charge >= 0.3 is 5.97 Å². The van der Waals surface area contributed by atoms with Crippen molar-refractivity contribution in [1.29, 1.82) is 0 Å². The molecule has 5 heteroatoms. The number of aromatic nitrogens is 2. The number of hydrogen-bond acceptors (Lipinski definition) is 3. The van der Waals surface area contributed by atoms with E-state index in [9.17, 15) is 4.79 Å². The predicted octanol–water partition coefficient (Wildman–Crippen LogP) is 2.60. The molecule has 2 aromatic rings. The minimum absolute atomic E-state index is 0.199. The van der Waals surface area contributed by atoms with Crippen LogP contribution in [0.3, 0.4) is 0 Å². The zero-order valence-corrected chi connectivity index (χ0v) is 9.68. The van der Waals surface area contributed by atoms with Crippen molar-refractivity contribution in [3.63, 3.8) is 0 Å². The largest absolute Gasteiger partial charge is 0.478 e. The molecular formula is C11H7BrN2O2. The van der Waals surface area contributed by atoms with Gasteiger partial charge in [0.1, 0.15) is 0 Å². The van der Waals surface area contributed by atoms with Crippen LogP contribution in [-0.4, -0.2) is 21.0 Å². The van der Waals surface area contributed by atoms with Crippen molar-refractivity contribution >= 4 is 21.9 Å². The molecule has 2 rings (SSSR count). The number of benzene rings is 1. The van der Waals surface area contributed by atoms with Crippen LogP contribution in [0, 0.1) is 0 Å². The molecule has 1 N–H and O–H groups in total. The number of carbonyl (C=O) groups is 1. The van der Waals surface area contributed by atoms with Crippen LogP contribution < -0.4 is 0 Å². The molecule has 1 heterocycles. The molecule has 0 aliphatic carbocycles. The zero-order valence-electron chi connectivity index (χ0n) is 8.09. The normalized spacial score (nSPS) is 10.1. The van der Waals surface area contributed by atoms with Gasteiger partial charge in [0.15, 0.2) is 5.82 Å². The summed E-state index contributed by atoms with van der Waals surface area (Å²) in [6.07, 6.45) is 3.23. The lowest BCUT2D eigenvalue weighted by atomic mass is 10.1. The van der Waals surface area contributed by atoms with Crippen molar-refractivity contribution in [2.24, 2.45) is 0 Å². The first kappa shape index (κ1) is 10.8. The second-order valence-corrected chi connectivity index (χ2v) is 3.84. The van der Waals surface area contributed by atoms with Crippen molar-refractivity contribution in [2.75, 3.05) is 0 Å². The summed E-state index contributed by atoms with van der Waals surface area (Å²) in [4.78, 5) is 19.1. The summed E-state index contributed by atoms with van der Waals surface area (Å²) in [6.45, 7) is 0. The van der Waals surface area contributed by atoms with E-state index in [1.807, 2.05) is 0 Å². The number of carboxylic acid groups (broad SMARTS) is 1. The molecule has 0 spiro atoms. The Morgan fingerprint density at radius 3 is 2.50 bits per heavy atom. The molecule has 0 saturated heterocycles. The van der Waals surface area contributed by atoms with Crippen molar-refractivity contribution in [2.45, 2.75) is 0 Å². The molecule has 0 saturated carbocycles. The van der Waals surface area contributed by atoms with Crippen LogP contribution in [-0.2, 0) is 0 Å². The molecule has 0 aliphatic heterocycles. The number of nitrogens with zero attached hydrogens (tertiary/aromatic N) is 2. The Morgan fingerprint density at radius 2 is 1.88 bits per heavy atom. The van der Waals surface area contributed by atoms with Gasteiger partial charge in [0, 0.05) is 22.4 Å². The highest BCUT2D eigenvalue weighted by molar-refractivity contribution is 9.10. The first-order valence-electron chi connectivity index (χ1n) is 4.49. The molecule has 1 aromatic heterocycles. The highest BCUT2D eigenvalue weighted by atomic mass is 79.9. The molecule has 0 amide bonds. The topological polar surface area (TPSA) is 63.1 Å². The molecule has 0 radical (unpaired) electrons. The standard InChI is InChI=1S/C11H7BrN2O2/c12-9-7(10-13-5-2-6-14-10)3-1-4-8(9)11(15)16/h1-6H,(H,15,16). The van der Waals surface area contributed by atoms with E-state index in [1.165, 1.54) is 6.07 Å². The van der Waals surface area contributed by atoms with E-state index in [2.05, 4.69) is 25.9 Å². The fourth-order valence-corrected chi connectivity index (χ4v) is 1.92. The minimum atomic E-state index is -0.982. The van der Waals surface area contributed by atoms with Crippen LogP contribution in [0.15, 0.2) is 41.1 Å². The molecule has 16 heavy (non-hydrogen) atoms. The maximum Gasteiger partial charge on any atom is 0.336 e. The van der Waals surface area contributed by atoms with Gasteiger partial charge in [-0.3, -0.25) is 0 Å². The fraction of sp³-hybridized carbons (Fsp3) is 0. The second kappa shape index (κ2) is 4.40. The van der Waals surface area contributed by atoms with Crippen molar-refractivity contribution in [1.82, 2.24) is 9.97 Å². The number of aromatic carboxylic acids is 1. The summed E-state index contributed by atoms with van der Waals surface area (Å²) < 4.78 is 0.494. The van der Waals surface area contributed by atoms with Crippen LogP contribution in [0.1, 0.15) is 10.4 Å². The van der Waals surface area contributed by atoms with Gasteiger partial charge in [-0.2, -0.15) is 0 Å². The Hall–Kier alpha value is -1.75. The van der Waals surface area contributed by atoms with E-state index in [1.54, 1.807) is 30.6 Å². The molecule has 0 atom stereocenters. The molecule has 0 aliphatic rings. The average Bonchev–Trinajstić information content (AvgIpc) is 2.30. The quantitative estimate of drug-likeness (QED) is 0.917. The summed E-state index contributed by atoms with van der Waals surface area (Å²) in [5.41, 5.74) is 0.866. The number of carboxylic acids is 1. The highest BCUT2D eigenvalue weighted by Crippen LogP contribution is 2.28. The van der Waals surface area contributed by atoms with Crippen molar-refractivity contribution in [3.05, 3.63) is 46.7 Å². The Labute approximate surface area is 100 Å². The van der Waals surface area contributed by atoms with Gasteiger partial charge < -0.3 is 5.11 Å². The van der Waals surface area contributed by atoms with E-state index in [0.717, 1.165) is 0 Å². The van der Waals surface area contributed by atoms with Crippen LogP contribution >= 0.6 is 15.9 Å². The third-order valence-electron chi connectivity index (χ3n) is 2.04. The summed E-state index contributed by atoms with van der Waals surface area (Å²) in [5, 5.41) is 8.97.